The first kappa shape index (κ1) is 17.3. The number of pyridine rings is 3. The van der Waals surface area contributed by atoms with Crippen LogP contribution in [0, 0.1) is 11.3 Å². The van der Waals surface area contributed by atoms with E-state index in [0.717, 1.165) is 41.3 Å². The van der Waals surface area contributed by atoms with Crippen LogP contribution in [0.1, 0.15) is 28.2 Å². The van der Waals surface area contributed by atoms with Gasteiger partial charge in [-0.25, -0.2) is 9.97 Å². The molecule has 1 atom stereocenters. The SMILES string of the molecule is N#Cc1cnc2c(c1)C(Cc1ccc(NCc3ccncc3Cl)nc1)CN2. The Kier molecular flexibility index (Phi) is 4.86. The zero-order valence-electron chi connectivity index (χ0n) is 14.5. The highest BCUT2D eigenvalue weighted by Crippen LogP contribution is 2.32. The van der Waals surface area contributed by atoms with Gasteiger partial charge in [0.05, 0.1) is 10.6 Å². The van der Waals surface area contributed by atoms with Crippen molar-refractivity contribution in [3.8, 4) is 6.07 Å². The molecule has 27 heavy (non-hydrogen) atoms. The van der Waals surface area contributed by atoms with Crippen LogP contribution >= 0.6 is 11.6 Å². The van der Waals surface area contributed by atoms with E-state index < -0.39 is 0 Å². The van der Waals surface area contributed by atoms with Crippen LogP contribution in [0.3, 0.4) is 0 Å². The van der Waals surface area contributed by atoms with Gasteiger partial charge in [0.2, 0.25) is 0 Å². The molecule has 0 bridgehead atoms. The summed E-state index contributed by atoms with van der Waals surface area (Å²) in [6, 6.07) is 10.0. The standard InChI is InChI=1S/C20H17ClN6/c21-18-12-23-4-3-15(18)10-25-19-2-1-13(8-24-19)5-16-11-27-20-17(16)6-14(7-22)9-26-20/h1-4,6,8-9,12,16H,5,10-11H2,(H,24,25)(H,26,27). The topological polar surface area (TPSA) is 86.5 Å². The number of fused-ring (bicyclic) bond motifs is 1. The quantitative estimate of drug-likeness (QED) is 0.705. The number of nitrogens with zero attached hydrogens (tertiary/aromatic N) is 4. The van der Waals surface area contributed by atoms with E-state index in [1.165, 1.54) is 0 Å². The Balaban J connectivity index is 1.41. The Bertz CT molecular complexity index is 996. The average Bonchev–Trinajstić information content (AvgIpc) is 3.10. The van der Waals surface area contributed by atoms with Crippen LogP contribution in [-0.4, -0.2) is 21.5 Å². The molecular weight excluding hydrogens is 360 g/mol. The molecule has 6 nitrogen and oxygen atoms in total. The van der Waals surface area contributed by atoms with E-state index in [4.69, 9.17) is 16.9 Å². The molecule has 4 rings (SSSR count). The zero-order chi connectivity index (χ0) is 18.6. The van der Waals surface area contributed by atoms with Crippen LogP contribution < -0.4 is 10.6 Å². The summed E-state index contributed by atoms with van der Waals surface area (Å²) >= 11 is 6.12. The predicted octanol–water partition coefficient (Wildman–Crippen LogP) is 3.76. The molecule has 7 heteroatoms. The number of aromatic nitrogens is 3. The first-order valence-electron chi connectivity index (χ1n) is 8.64. The maximum atomic E-state index is 9.09. The first-order chi connectivity index (χ1) is 13.2. The minimum Gasteiger partial charge on any atom is -0.369 e. The van der Waals surface area contributed by atoms with Gasteiger partial charge in [-0.15, -0.1) is 0 Å². The van der Waals surface area contributed by atoms with Crippen molar-refractivity contribution < 1.29 is 0 Å². The van der Waals surface area contributed by atoms with Gasteiger partial charge in [0.1, 0.15) is 17.7 Å². The maximum absolute atomic E-state index is 9.09. The van der Waals surface area contributed by atoms with Crippen molar-refractivity contribution in [1.29, 1.82) is 5.26 Å². The molecule has 134 valence electrons. The molecule has 1 unspecified atom stereocenters. The molecule has 1 aliphatic heterocycles. The van der Waals surface area contributed by atoms with E-state index in [-0.39, 0.29) is 5.92 Å². The van der Waals surface area contributed by atoms with Crippen LogP contribution in [0.5, 0.6) is 0 Å². The largest absolute Gasteiger partial charge is 0.369 e. The van der Waals surface area contributed by atoms with E-state index >= 15 is 0 Å². The number of halogens is 1. The number of hydrogen-bond acceptors (Lipinski definition) is 6. The summed E-state index contributed by atoms with van der Waals surface area (Å²) < 4.78 is 0. The number of nitrogens with one attached hydrogen (secondary N) is 2. The van der Waals surface area contributed by atoms with Gasteiger partial charge in [-0.2, -0.15) is 5.26 Å². The van der Waals surface area contributed by atoms with Crippen LogP contribution in [0.15, 0.2) is 49.1 Å². The lowest BCUT2D eigenvalue weighted by molar-refractivity contribution is 0.749. The van der Waals surface area contributed by atoms with Gasteiger partial charge < -0.3 is 10.6 Å². The molecule has 0 spiro atoms. The average molecular weight is 377 g/mol. The van der Waals surface area contributed by atoms with Crippen LogP contribution in [0.2, 0.25) is 5.02 Å². The molecule has 4 heterocycles. The molecular formula is C20H17ClN6. The van der Waals surface area contributed by atoms with Crippen molar-refractivity contribution >= 4 is 23.2 Å². The van der Waals surface area contributed by atoms with Crippen molar-refractivity contribution in [3.63, 3.8) is 0 Å². The Morgan fingerprint density at radius 1 is 1.22 bits per heavy atom. The second-order valence-corrected chi connectivity index (χ2v) is 6.84. The Morgan fingerprint density at radius 3 is 2.93 bits per heavy atom. The monoisotopic (exact) mass is 376 g/mol. The minimum absolute atomic E-state index is 0.289. The molecule has 1 aliphatic rings. The molecule has 0 saturated heterocycles. The highest BCUT2D eigenvalue weighted by molar-refractivity contribution is 6.31. The van der Waals surface area contributed by atoms with Crippen molar-refractivity contribution in [3.05, 3.63) is 76.3 Å². The van der Waals surface area contributed by atoms with Crippen molar-refractivity contribution in [2.24, 2.45) is 0 Å². The van der Waals surface area contributed by atoms with E-state index in [1.54, 1.807) is 18.6 Å². The van der Waals surface area contributed by atoms with Gasteiger partial charge in [0, 0.05) is 49.4 Å². The molecule has 0 aromatic carbocycles. The van der Waals surface area contributed by atoms with Gasteiger partial charge in [-0.05, 0) is 35.7 Å². The van der Waals surface area contributed by atoms with Gasteiger partial charge in [0.15, 0.2) is 0 Å². The fourth-order valence-electron chi connectivity index (χ4n) is 3.18. The first-order valence-corrected chi connectivity index (χ1v) is 9.02. The second kappa shape index (κ2) is 7.60. The molecule has 0 aliphatic carbocycles. The molecule has 3 aromatic heterocycles. The zero-order valence-corrected chi connectivity index (χ0v) is 15.2. The summed E-state index contributed by atoms with van der Waals surface area (Å²) in [5, 5.41) is 16.3. The predicted molar refractivity (Wildman–Crippen MR) is 105 cm³/mol. The minimum atomic E-state index is 0.289. The fraction of sp³-hybridized carbons (Fsp3) is 0.200. The number of hydrogen-bond donors (Lipinski definition) is 2. The van der Waals surface area contributed by atoms with Crippen molar-refractivity contribution in [1.82, 2.24) is 15.0 Å². The van der Waals surface area contributed by atoms with Crippen molar-refractivity contribution in [2.45, 2.75) is 18.9 Å². The summed E-state index contributed by atoms with van der Waals surface area (Å²) in [4.78, 5) is 12.8. The third-order valence-corrected chi connectivity index (χ3v) is 4.97. The lowest BCUT2D eigenvalue weighted by Gasteiger charge is -2.11. The smallest absolute Gasteiger partial charge is 0.129 e. The summed E-state index contributed by atoms with van der Waals surface area (Å²) in [7, 11) is 0. The lowest BCUT2D eigenvalue weighted by atomic mass is 9.95. The fourth-order valence-corrected chi connectivity index (χ4v) is 3.37. The van der Waals surface area contributed by atoms with Crippen LogP contribution in [0.25, 0.3) is 0 Å². The van der Waals surface area contributed by atoms with Gasteiger partial charge in [0.25, 0.3) is 0 Å². The van der Waals surface area contributed by atoms with E-state index in [0.29, 0.717) is 17.1 Å². The van der Waals surface area contributed by atoms with E-state index in [2.05, 4.69) is 37.7 Å². The molecule has 0 fully saturated rings. The lowest BCUT2D eigenvalue weighted by Crippen LogP contribution is -2.07. The number of rotatable bonds is 5. The molecule has 0 amide bonds. The number of nitriles is 1. The van der Waals surface area contributed by atoms with E-state index in [9.17, 15) is 0 Å². The summed E-state index contributed by atoms with van der Waals surface area (Å²) in [5.41, 5.74) is 3.81. The summed E-state index contributed by atoms with van der Waals surface area (Å²) in [6.07, 6.45) is 7.69. The molecule has 3 aromatic rings. The maximum Gasteiger partial charge on any atom is 0.129 e. The van der Waals surface area contributed by atoms with E-state index in [1.807, 2.05) is 24.4 Å². The Hall–Kier alpha value is -3.17. The normalized spacial score (nSPS) is 14.9. The third kappa shape index (κ3) is 3.83. The van der Waals surface area contributed by atoms with Gasteiger partial charge >= 0.3 is 0 Å². The second-order valence-electron chi connectivity index (χ2n) is 6.43. The van der Waals surface area contributed by atoms with Crippen molar-refractivity contribution in [2.75, 3.05) is 17.2 Å². The Labute approximate surface area is 162 Å². The summed E-state index contributed by atoms with van der Waals surface area (Å²) in [6.45, 7) is 1.41. The highest BCUT2D eigenvalue weighted by atomic mass is 35.5. The van der Waals surface area contributed by atoms with Gasteiger partial charge in [-0.1, -0.05) is 17.7 Å². The third-order valence-electron chi connectivity index (χ3n) is 4.63. The van der Waals surface area contributed by atoms with Crippen LogP contribution in [0.4, 0.5) is 11.6 Å². The molecule has 2 N–H and O–H groups in total. The summed E-state index contributed by atoms with van der Waals surface area (Å²) in [5.74, 6) is 1.96. The molecule has 0 saturated carbocycles. The Morgan fingerprint density at radius 2 is 2.15 bits per heavy atom. The number of anilines is 2. The molecule has 0 radical (unpaired) electrons. The van der Waals surface area contributed by atoms with Gasteiger partial charge in [-0.3, -0.25) is 4.98 Å². The van der Waals surface area contributed by atoms with Crippen LogP contribution in [-0.2, 0) is 13.0 Å². The highest BCUT2D eigenvalue weighted by Gasteiger charge is 2.24.